The third-order valence-corrected chi connectivity index (χ3v) is 3.72. The molecule has 1 heterocycles. The van der Waals surface area contributed by atoms with E-state index in [1.54, 1.807) is 12.1 Å². The number of carboxylic acid groups (broad SMARTS) is 1. The fourth-order valence-corrected chi connectivity index (χ4v) is 2.67. The number of hydrogen-bond acceptors (Lipinski definition) is 2. The molecule has 0 saturated carbocycles. The van der Waals surface area contributed by atoms with Crippen LogP contribution in [0.15, 0.2) is 18.2 Å². The number of nitrogens with zero attached hydrogens (tertiary/aromatic N) is 2. The number of imidazole rings is 1. The summed E-state index contributed by atoms with van der Waals surface area (Å²) in [5.41, 5.74) is 1.83. The Kier molecular flexibility index (Phi) is 4.66. The largest absolute Gasteiger partial charge is 0.478 e. The Labute approximate surface area is 125 Å². The summed E-state index contributed by atoms with van der Waals surface area (Å²) in [5, 5.41) is 9.32. The van der Waals surface area contributed by atoms with Crippen LogP contribution in [-0.4, -0.2) is 20.6 Å². The molecule has 114 valence electrons. The van der Waals surface area contributed by atoms with E-state index in [0.29, 0.717) is 11.4 Å². The molecule has 0 aliphatic rings. The first kappa shape index (κ1) is 15.5. The molecule has 0 radical (unpaired) electrons. The Hall–Kier alpha value is -1.84. The van der Waals surface area contributed by atoms with Gasteiger partial charge in [0.25, 0.3) is 0 Å². The first-order valence-electron chi connectivity index (χ1n) is 7.64. The smallest absolute Gasteiger partial charge is 0.337 e. The van der Waals surface area contributed by atoms with Crippen LogP contribution in [0.25, 0.3) is 11.0 Å². The maximum absolute atomic E-state index is 11.4. The minimum absolute atomic E-state index is 0.276. The summed E-state index contributed by atoms with van der Waals surface area (Å²) in [5.74, 6) is 1.01. The van der Waals surface area contributed by atoms with Crippen LogP contribution in [0.3, 0.4) is 0 Å². The molecule has 4 nitrogen and oxygen atoms in total. The second-order valence-corrected chi connectivity index (χ2v) is 6.29. The molecule has 21 heavy (non-hydrogen) atoms. The number of aryl methyl sites for hydroxylation is 1. The van der Waals surface area contributed by atoms with Gasteiger partial charge in [0.05, 0.1) is 11.1 Å². The molecule has 0 amide bonds. The Morgan fingerprint density at radius 2 is 2.00 bits per heavy atom. The van der Waals surface area contributed by atoms with Crippen molar-refractivity contribution in [2.45, 2.75) is 53.0 Å². The maximum atomic E-state index is 11.4. The molecule has 0 aliphatic heterocycles. The minimum atomic E-state index is -0.914. The lowest BCUT2D eigenvalue weighted by molar-refractivity contribution is 0.0699. The highest BCUT2D eigenvalue weighted by Crippen LogP contribution is 2.25. The zero-order valence-electron chi connectivity index (χ0n) is 13.3. The van der Waals surface area contributed by atoms with Crippen LogP contribution in [0.5, 0.6) is 0 Å². The predicted molar refractivity (Wildman–Crippen MR) is 84.9 cm³/mol. The van der Waals surface area contributed by atoms with E-state index >= 15 is 0 Å². The highest BCUT2D eigenvalue weighted by Gasteiger charge is 2.18. The van der Waals surface area contributed by atoms with Crippen LogP contribution in [0.2, 0.25) is 0 Å². The summed E-state index contributed by atoms with van der Waals surface area (Å²) >= 11 is 0. The van der Waals surface area contributed by atoms with Crippen LogP contribution in [0, 0.1) is 5.92 Å². The molecule has 1 aromatic heterocycles. The SMILES string of the molecule is CC(C)CCCn1c(C(C)C)nc2c(C(=O)O)cccc21. The number of carbonyl (C=O) groups is 1. The van der Waals surface area contributed by atoms with Crippen molar-refractivity contribution in [3.05, 3.63) is 29.6 Å². The average molecular weight is 288 g/mol. The van der Waals surface area contributed by atoms with E-state index in [0.717, 1.165) is 30.7 Å². The van der Waals surface area contributed by atoms with Crippen molar-refractivity contribution < 1.29 is 9.90 Å². The Balaban J connectivity index is 2.48. The number of hydrogen-bond donors (Lipinski definition) is 1. The van der Waals surface area contributed by atoms with Crippen LogP contribution >= 0.6 is 0 Å². The van der Waals surface area contributed by atoms with E-state index < -0.39 is 5.97 Å². The van der Waals surface area contributed by atoms with E-state index in [1.165, 1.54) is 0 Å². The molecule has 0 unspecified atom stereocenters. The Bertz CT molecular complexity index is 642. The number of carboxylic acids is 1. The first-order valence-corrected chi connectivity index (χ1v) is 7.64. The van der Waals surface area contributed by atoms with Crippen LogP contribution < -0.4 is 0 Å². The molecule has 0 spiro atoms. The summed E-state index contributed by atoms with van der Waals surface area (Å²) in [6, 6.07) is 5.40. The van der Waals surface area contributed by atoms with Gasteiger partial charge in [0.2, 0.25) is 0 Å². The fourth-order valence-electron chi connectivity index (χ4n) is 2.67. The molecule has 2 rings (SSSR count). The van der Waals surface area contributed by atoms with E-state index in [-0.39, 0.29) is 11.5 Å². The van der Waals surface area contributed by atoms with Gasteiger partial charge < -0.3 is 9.67 Å². The van der Waals surface area contributed by atoms with Gasteiger partial charge in [-0.2, -0.15) is 0 Å². The monoisotopic (exact) mass is 288 g/mol. The third-order valence-electron chi connectivity index (χ3n) is 3.72. The van der Waals surface area contributed by atoms with Crippen LogP contribution in [0.1, 0.15) is 62.6 Å². The van der Waals surface area contributed by atoms with Crippen molar-refractivity contribution in [1.82, 2.24) is 9.55 Å². The molecule has 4 heteroatoms. The van der Waals surface area contributed by atoms with E-state index in [1.807, 2.05) is 6.07 Å². The van der Waals surface area contributed by atoms with Gasteiger partial charge in [0.15, 0.2) is 0 Å². The summed E-state index contributed by atoms with van der Waals surface area (Å²) in [6.45, 7) is 9.53. The number of aromatic carboxylic acids is 1. The van der Waals surface area contributed by atoms with Gasteiger partial charge in [-0.1, -0.05) is 33.8 Å². The van der Waals surface area contributed by atoms with Crippen LogP contribution in [-0.2, 0) is 6.54 Å². The van der Waals surface area contributed by atoms with Gasteiger partial charge in [-0.25, -0.2) is 9.78 Å². The number of rotatable bonds is 6. The van der Waals surface area contributed by atoms with Gasteiger partial charge in [-0.3, -0.25) is 0 Å². The lowest BCUT2D eigenvalue weighted by atomic mass is 10.1. The second kappa shape index (κ2) is 6.29. The molecular formula is C17H24N2O2. The van der Waals surface area contributed by atoms with E-state index in [9.17, 15) is 9.90 Å². The van der Waals surface area contributed by atoms with Crippen LogP contribution in [0.4, 0.5) is 0 Å². The topological polar surface area (TPSA) is 55.1 Å². The second-order valence-electron chi connectivity index (χ2n) is 6.29. The molecule has 0 saturated heterocycles. The zero-order chi connectivity index (χ0) is 15.6. The van der Waals surface area contributed by atoms with Gasteiger partial charge in [-0.15, -0.1) is 0 Å². The van der Waals surface area contributed by atoms with Gasteiger partial charge in [-0.05, 0) is 30.9 Å². The normalized spacial score (nSPS) is 11.7. The van der Waals surface area contributed by atoms with Crippen molar-refractivity contribution in [1.29, 1.82) is 0 Å². The number of para-hydroxylation sites is 1. The van der Waals surface area contributed by atoms with Gasteiger partial charge in [0.1, 0.15) is 11.3 Å². The first-order chi connectivity index (χ1) is 9.91. The van der Waals surface area contributed by atoms with Crippen molar-refractivity contribution >= 4 is 17.0 Å². The standard InChI is InChI=1S/C17H24N2O2/c1-11(2)7-6-10-19-14-9-5-8-13(17(20)21)15(14)18-16(19)12(3)4/h5,8-9,11-12H,6-7,10H2,1-4H3,(H,20,21). The van der Waals surface area contributed by atoms with Gasteiger partial charge in [0, 0.05) is 12.5 Å². The van der Waals surface area contributed by atoms with Crippen molar-refractivity contribution in [2.75, 3.05) is 0 Å². The van der Waals surface area contributed by atoms with E-state index in [4.69, 9.17) is 0 Å². The summed E-state index contributed by atoms with van der Waals surface area (Å²) < 4.78 is 2.19. The van der Waals surface area contributed by atoms with Crippen molar-refractivity contribution in [3.63, 3.8) is 0 Å². The zero-order valence-corrected chi connectivity index (χ0v) is 13.3. The molecule has 1 N–H and O–H groups in total. The fraction of sp³-hybridized carbons (Fsp3) is 0.529. The summed E-state index contributed by atoms with van der Waals surface area (Å²) in [6.07, 6.45) is 2.25. The molecule has 0 atom stereocenters. The molecule has 0 fully saturated rings. The number of benzene rings is 1. The summed E-state index contributed by atoms with van der Waals surface area (Å²) in [7, 11) is 0. The highest BCUT2D eigenvalue weighted by atomic mass is 16.4. The van der Waals surface area contributed by atoms with Crippen molar-refractivity contribution in [2.24, 2.45) is 5.92 Å². The molecule has 2 aromatic rings. The predicted octanol–water partition coefficient (Wildman–Crippen LogP) is 4.29. The summed E-state index contributed by atoms with van der Waals surface area (Å²) in [4.78, 5) is 16.0. The lowest BCUT2D eigenvalue weighted by Crippen LogP contribution is -2.06. The number of aromatic nitrogens is 2. The third kappa shape index (κ3) is 3.26. The lowest BCUT2D eigenvalue weighted by Gasteiger charge is -2.12. The molecule has 0 bridgehead atoms. The maximum Gasteiger partial charge on any atom is 0.337 e. The minimum Gasteiger partial charge on any atom is -0.478 e. The Morgan fingerprint density at radius 1 is 1.29 bits per heavy atom. The van der Waals surface area contributed by atoms with Crippen molar-refractivity contribution in [3.8, 4) is 0 Å². The Morgan fingerprint density at radius 3 is 2.57 bits per heavy atom. The molecule has 0 aliphatic carbocycles. The molecular weight excluding hydrogens is 264 g/mol. The van der Waals surface area contributed by atoms with Gasteiger partial charge >= 0.3 is 5.97 Å². The number of fused-ring (bicyclic) bond motifs is 1. The highest BCUT2D eigenvalue weighted by molar-refractivity contribution is 6.01. The quantitative estimate of drug-likeness (QED) is 0.862. The van der Waals surface area contributed by atoms with E-state index in [2.05, 4.69) is 37.2 Å². The molecule has 1 aromatic carbocycles. The average Bonchev–Trinajstić information content (AvgIpc) is 2.77.